The number of ether oxygens (including phenoxy) is 2. The van der Waals surface area contributed by atoms with E-state index < -0.39 is 0 Å². The fourth-order valence-electron chi connectivity index (χ4n) is 3.89. The van der Waals surface area contributed by atoms with Crippen LogP contribution in [0.3, 0.4) is 0 Å². The molecule has 5 nitrogen and oxygen atoms in total. The van der Waals surface area contributed by atoms with E-state index in [4.69, 9.17) is 39.1 Å². The van der Waals surface area contributed by atoms with Crippen LogP contribution in [0.4, 0.5) is 4.79 Å². The Balaban J connectivity index is 1.95. The third-order valence-electron chi connectivity index (χ3n) is 5.42. The van der Waals surface area contributed by atoms with Crippen LogP contribution >= 0.6 is 23.2 Å². The Morgan fingerprint density at radius 3 is 2.88 bits per heavy atom. The molecule has 3 rings (SSSR count). The van der Waals surface area contributed by atoms with Crippen LogP contribution in [-0.2, 0) is 15.9 Å². The zero-order valence-corrected chi connectivity index (χ0v) is 19.9. The molecule has 0 bridgehead atoms. The fourth-order valence-corrected chi connectivity index (χ4v) is 4.17. The number of benzene rings is 1. The summed E-state index contributed by atoms with van der Waals surface area (Å²) in [5, 5.41) is 1.77. The fraction of sp³-hybridized carbons (Fsp3) is 0.400. The Morgan fingerprint density at radius 2 is 2.12 bits per heavy atom. The number of nitrogens with one attached hydrogen (secondary N) is 1. The highest BCUT2D eigenvalue weighted by Gasteiger charge is 2.35. The molecule has 32 heavy (non-hydrogen) atoms. The van der Waals surface area contributed by atoms with Gasteiger partial charge in [-0.15, -0.1) is 23.9 Å². The van der Waals surface area contributed by atoms with Crippen LogP contribution in [0.2, 0.25) is 5.02 Å². The number of amides is 1. The summed E-state index contributed by atoms with van der Waals surface area (Å²) in [4.78, 5) is 18.2. The largest absolute Gasteiger partial charge is 0.498 e. The van der Waals surface area contributed by atoms with Gasteiger partial charge in [-0.25, -0.2) is 4.79 Å². The van der Waals surface area contributed by atoms with Crippen molar-refractivity contribution in [3.63, 3.8) is 0 Å². The second-order valence-corrected chi connectivity index (χ2v) is 8.51. The van der Waals surface area contributed by atoms with Crippen molar-refractivity contribution in [1.29, 1.82) is 0 Å². The molecule has 1 atom stereocenters. The molecule has 0 saturated heterocycles. The zero-order chi connectivity index (χ0) is 23.1. The number of H-pyrrole nitrogens is 1. The first-order chi connectivity index (χ1) is 15.5. The van der Waals surface area contributed by atoms with Crippen LogP contribution in [0, 0.1) is 12.3 Å². The molecule has 1 aliphatic rings. The molecule has 0 saturated carbocycles. The second kappa shape index (κ2) is 11.4. The Kier molecular flexibility index (Phi) is 8.55. The summed E-state index contributed by atoms with van der Waals surface area (Å²) in [7, 11) is 0. The van der Waals surface area contributed by atoms with Gasteiger partial charge in [-0.1, -0.05) is 17.7 Å². The molecule has 1 unspecified atom stereocenters. The molecule has 2 aromatic rings. The number of terminal acetylenes is 1. The van der Waals surface area contributed by atoms with Crippen LogP contribution in [0.25, 0.3) is 10.9 Å². The molecule has 0 spiro atoms. The minimum atomic E-state index is -0.376. The minimum absolute atomic E-state index is 0.198. The maximum atomic E-state index is 12.9. The first-order valence-corrected chi connectivity index (χ1v) is 11.6. The van der Waals surface area contributed by atoms with E-state index in [-0.39, 0.29) is 18.7 Å². The molecule has 7 heteroatoms. The van der Waals surface area contributed by atoms with Crippen molar-refractivity contribution in [2.75, 3.05) is 25.6 Å². The van der Waals surface area contributed by atoms with Crippen LogP contribution in [0.5, 0.6) is 0 Å². The topological polar surface area (TPSA) is 54.6 Å². The second-order valence-electron chi connectivity index (χ2n) is 7.70. The number of rotatable bonds is 8. The van der Waals surface area contributed by atoms with Crippen LogP contribution in [0.1, 0.15) is 44.0 Å². The van der Waals surface area contributed by atoms with Gasteiger partial charge >= 0.3 is 6.09 Å². The minimum Gasteiger partial charge on any atom is -0.498 e. The molecule has 170 valence electrons. The van der Waals surface area contributed by atoms with E-state index >= 15 is 0 Å². The maximum Gasteiger partial charge on any atom is 0.410 e. The van der Waals surface area contributed by atoms with Gasteiger partial charge in [0.25, 0.3) is 0 Å². The Labute approximate surface area is 199 Å². The van der Waals surface area contributed by atoms with Gasteiger partial charge in [0.1, 0.15) is 6.61 Å². The SMILES string of the molecule is C#CCCOC(=O)N1CCc2c([nH]c3ccc(Cl)cc23)C1/C(C)=C/C=C(\C)OCCCCl. The third kappa shape index (κ3) is 5.62. The summed E-state index contributed by atoms with van der Waals surface area (Å²) in [6.45, 7) is 5.21. The first kappa shape index (κ1) is 24.1. The number of nitrogens with zero attached hydrogens (tertiary/aromatic N) is 1. The van der Waals surface area contributed by atoms with Crippen molar-refractivity contribution in [1.82, 2.24) is 9.88 Å². The number of halogens is 2. The lowest BCUT2D eigenvalue weighted by atomic mass is 9.93. The van der Waals surface area contributed by atoms with E-state index in [1.807, 2.05) is 44.2 Å². The van der Waals surface area contributed by atoms with E-state index in [2.05, 4.69) is 10.9 Å². The van der Waals surface area contributed by atoms with Crippen LogP contribution in [-0.4, -0.2) is 41.6 Å². The Morgan fingerprint density at radius 1 is 1.31 bits per heavy atom. The van der Waals surface area contributed by atoms with Gasteiger partial charge in [0.2, 0.25) is 0 Å². The number of aromatic nitrogens is 1. The van der Waals surface area contributed by atoms with Gasteiger partial charge in [-0.2, -0.15) is 0 Å². The number of fused-ring (bicyclic) bond motifs is 3. The number of hydrogen-bond donors (Lipinski definition) is 1. The van der Waals surface area contributed by atoms with Gasteiger partial charge < -0.3 is 14.5 Å². The van der Waals surface area contributed by atoms with Gasteiger partial charge in [0.15, 0.2) is 0 Å². The zero-order valence-electron chi connectivity index (χ0n) is 18.4. The van der Waals surface area contributed by atoms with E-state index in [9.17, 15) is 4.79 Å². The quantitative estimate of drug-likeness (QED) is 0.159. The highest BCUT2D eigenvalue weighted by Crippen LogP contribution is 2.39. The van der Waals surface area contributed by atoms with E-state index in [1.165, 1.54) is 5.56 Å². The van der Waals surface area contributed by atoms with Gasteiger partial charge in [-0.05, 0) is 62.1 Å². The molecular weight excluding hydrogens is 447 g/mol. The van der Waals surface area contributed by atoms with Crippen molar-refractivity contribution < 1.29 is 14.3 Å². The number of allylic oxidation sites excluding steroid dienone is 3. The van der Waals surface area contributed by atoms with Crippen molar-refractivity contribution >= 4 is 40.2 Å². The van der Waals surface area contributed by atoms with Gasteiger partial charge in [0, 0.05) is 40.5 Å². The summed E-state index contributed by atoms with van der Waals surface area (Å²) in [5.41, 5.74) is 4.13. The summed E-state index contributed by atoms with van der Waals surface area (Å²) in [5.74, 6) is 3.85. The Bertz CT molecular complexity index is 1070. The van der Waals surface area contributed by atoms with Crippen molar-refractivity contribution in [3.05, 3.63) is 58.0 Å². The van der Waals surface area contributed by atoms with Gasteiger partial charge in [-0.3, -0.25) is 4.90 Å². The van der Waals surface area contributed by atoms with Crippen LogP contribution in [0.15, 0.2) is 41.7 Å². The molecule has 0 radical (unpaired) electrons. The highest BCUT2D eigenvalue weighted by atomic mass is 35.5. The number of hydrogen-bond acceptors (Lipinski definition) is 3. The van der Waals surface area contributed by atoms with Crippen LogP contribution < -0.4 is 0 Å². The average Bonchev–Trinajstić information content (AvgIpc) is 3.14. The molecule has 0 fully saturated rings. The summed E-state index contributed by atoms with van der Waals surface area (Å²) in [6.07, 6.45) is 10.7. The number of carbonyl (C=O) groups is 1. The van der Waals surface area contributed by atoms with Gasteiger partial charge in [0.05, 0.1) is 18.4 Å². The third-order valence-corrected chi connectivity index (χ3v) is 5.92. The molecule has 1 aromatic heterocycles. The summed E-state index contributed by atoms with van der Waals surface area (Å²) in [6, 6.07) is 5.50. The highest BCUT2D eigenvalue weighted by molar-refractivity contribution is 6.31. The molecule has 1 aromatic carbocycles. The number of aromatic amines is 1. The molecular formula is C25H28Cl2N2O3. The smallest absolute Gasteiger partial charge is 0.410 e. The number of carbonyl (C=O) groups excluding carboxylic acids is 1. The number of alkyl halides is 1. The molecule has 1 N–H and O–H groups in total. The van der Waals surface area contributed by atoms with Crippen molar-refractivity contribution in [2.45, 2.75) is 39.2 Å². The maximum absolute atomic E-state index is 12.9. The van der Waals surface area contributed by atoms with E-state index in [1.54, 1.807) is 4.90 Å². The predicted molar refractivity (Wildman–Crippen MR) is 130 cm³/mol. The lowest BCUT2D eigenvalue weighted by Gasteiger charge is -2.35. The summed E-state index contributed by atoms with van der Waals surface area (Å²) < 4.78 is 11.1. The van der Waals surface area contributed by atoms with Crippen molar-refractivity contribution in [3.8, 4) is 12.3 Å². The van der Waals surface area contributed by atoms with Crippen molar-refractivity contribution in [2.24, 2.45) is 0 Å². The predicted octanol–water partition coefficient (Wildman–Crippen LogP) is 6.38. The first-order valence-electron chi connectivity index (χ1n) is 10.7. The van der Waals surface area contributed by atoms with E-state index in [0.29, 0.717) is 36.9 Å². The summed E-state index contributed by atoms with van der Waals surface area (Å²) >= 11 is 12.0. The average molecular weight is 475 g/mol. The molecule has 2 heterocycles. The lowest BCUT2D eigenvalue weighted by Crippen LogP contribution is -2.41. The standard InChI is InChI=1S/C25H28Cl2N2O3/c1-4-5-14-32-25(30)29-13-11-20-21-16-19(27)9-10-22(21)28-23(20)24(29)17(2)7-8-18(3)31-15-6-12-26/h1,7-10,16,24,28H,5-6,11-15H2,2-3H3/b17-7+,18-8+. The monoisotopic (exact) mass is 474 g/mol. The Hall–Kier alpha value is -2.55. The van der Waals surface area contributed by atoms with E-state index in [0.717, 1.165) is 34.3 Å². The molecule has 1 aliphatic heterocycles. The normalized spacial score (nSPS) is 16.6. The molecule has 0 aliphatic carbocycles. The lowest BCUT2D eigenvalue weighted by molar-refractivity contribution is 0.0900. The molecule has 1 amide bonds.